The van der Waals surface area contributed by atoms with Crippen molar-refractivity contribution >= 4 is 44.7 Å². The van der Waals surface area contributed by atoms with Gasteiger partial charge in [-0.3, -0.25) is 4.79 Å². The number of halogens is 2. The number of nitrogens with one attached hydrogen (secondary N) is 2. The number of hydrogen-bond donors (Lipinski definition) is 2. The van der Waals surface area contributed by atoms with Crippen LogP contribution in [0.1, 0.15) is 18.0 Å². The minimum Gasteiger partial charge on any atom is -0.322 e. The monoisotopic (exact) mass is 378 g/mol. The van der Waals surface area contributed by atoms with Gasteiger partial charge in [-0.2, -0.15) is 0 Å². The van der Waals surface area contributed by atoms with Gasteiger partial charge in [0.1, 0.15) is 11.9 Å². The predicted octanol–water partition coefficient (Wildman–Crippen LogP) is 3.30. The van der Waals surface area contributed by atoms with E-state index in [1.165, 1.54) is 18.2 Å². The van der Waals surface area contributed by atoms with Crippen molar-refractivity contribution in [2.75, 3.05) is 18.9 Å². The molecule has 7 heteroatoms. The van der Waals surface area contributed by atoms with Gasteiger partial charge in [-0.05, 0) is 37.3 Å². The summed E-state index contributed by atoms with van der Waals surface area (Å²) in [4.78, 5) is 17.9. The number of rotatable bonds is 5. The van der Waals surface area contributed by atoms with E-state index in [0.29, 0.717) is 5.69 Å². The van der Waals surface area contributed by atoms with Gasteiger partial charge < -0.3 is 10.2 Å². The highest BCUT2D eigenvalue weighted by Gasteiger charge is 2.22. The fraction of sp³-hybridized carbons (Fsp3) is 0.222. The summed E-state index contributed by atoms with van der Waals surface area (Å²) < 4.78 is 14.2. The number of aromatic nitrogens is 1. The van der Waals surface area contributed by atoms with Crippen molar-refractivity contribution in [1.82, 2.24) is 4.98 Å². The van der Waals surface area contributed by atoms with E-state index in [2.05, 4.69) is 10.3 Å². The van der Waals surface area contributed by atoms with Crippen molar-refractivity contribution < 1.29 is 14.1 Å². The number of likely N-dealkylation sites (N-methyl/N-ethyl adjacent to an activating group) is 1. The summed E-state index contributed by atoms with van der Waals surface area (Å²) in [5.74, 6) is -0.617. The maximum Gasteiger partial charge on any atom is 0.279 e. The highest BCUT2D eigenvalue weighted by molar-refractivity contribution is 7.18. The molecule has 3 rings (SSSR count). The maximum atomic E-state index is 13.1. The minimum atomic E-state index is -0.435. The molecule has 0 radical (unpaired) electrons. The molecule has 1 heterocycles. The SMILES string of the molecule is C[C@H](c1nc2ccccc2s1)[NH+](C)CC(=O)Nc1ccc(F)cc1Cl. The molecule has 1 amide bonds. The maximum absolute atomic E-state index is 13.1. The third-order valence-corrected chi connectivity index (χ3v) is 5.60. The molecule has 0 fully saturated rings. The molecule has 0 aliphatic rings. The van der Waals surface area contributed by atoms with E-state index in [4.69, 9.17) is 11.6 Å². The number of amides is 1. The van der Waals surface area contributed by atoms with Crippen LogP contribution in [0.15, 0.2) is 42.5 Å². The summed E-state index contributed by atoms with van der Waals surface area (Å²) >= 11 is 7.59. The number of hydrogen-bond acceptors (Lipinski definition) is 3. The Morgan fingerprint density at radius 1 is 1.36 bits per heavy atom. The highest BCUT2D eigenvalue weighted by Crippen LogP contribution is 2.25. The van der Waals surface area contributed by atoms with Crippen molar-refractivity contribution in [3.63, 3.8) is 0 Å². The topological polar surface area (TPSA) is 46.4 Å². The standard InChI is InChI=1S/C18H17ClFN3OS/c1-11(18-22-15-5-3-4-6-16(15)25-18)23(2)10-17(24)21-14-8-7-12(20)9-13(14)19/h3-9,11H,10H2,1-2H3,(H,21,24)/p+1/t11-/m1/s1. The van der Waals surface area contributed by atoms with Gasteiger partial charge in [-0.25, -0.2) is 9.37 Å². The van der Waals surface area contributed by atoms with E-state index in [0.717, 1.165) is 20.1 Å². The lowest BCUT2D eigenvalue weighted by molar-refractivity contribution is -0.902. The molecule has 25 heavy (non-hydrogen) atoms. The molecule has 0 saturated carbocycles. The van der Waals surface area contributed by atoms with Gasteiger partial charge in [-0.1, -0.05) is 23.7 Å². The molecule has 0 bridgehead atoms. The average Bonchev–Trinajstić information content (AvgIpc) is 3.00. The van der Waals surface area contributed by atoms with Crippen LogP contribution >= 0.6 is 22.9 Å². The van der Waals surface area contributed by atoms with Crippen LogP contribution in [-0.2, 0) is 4.79 Å². The number of benzene rings is 2. The van der Waals surface area contributed by atoms with Crippen molar-refractivity contribution in [2.45, 2.75) is 13.0 Å². The zero-order valence-corrected chi connectivity index (χ0v) is 15.4. The van der Waals surface area contributed by atoms with Crippen molar-refractivity contribution in [2.24, 2.45) is 0 Å². The Bertz CT molecular complexity index is 881. The molecule has 2 aromatic carbocycles. The van der Waals surface area contributed by atoms with Gasteiger partial charge in [0, 0.05) is 0 Å². The lowest BCUT2D eigenvalue weighted by Crippen LogP contribution is -3.10. The van der Waals surface area contributed by atoms with E-state index in [-0.39, 0.29) is 23.5 Å². The van der Waals surface area contributed by atoms with Crippen LogP contribution in [0.2, 0.25) is 5.02 Å². The lowest BCUT2D eigenvalue weighted by Gasteiger charge is -2.19. The van der Waals surface area contributed by atoms with Crippen LogP contribution in [-0.4, -0.2) is 24.5 Å². The summed E-state index contributed by atoms with van der Waals surface area (Å²) in [5, 5.41) is 3.90. The number of thiazole rings is 1. The average molecular weight is 379 g/mol. The summed E-state index contributed by atoms with van der Waals surface area (Å²) in [6.45, 7) is 2.30. The van der Waals surface area contributed by atoms with Gasteiger partial charge >= 0.3 is 0 Å². The first-order valence-corrected chi connectivity index (χ1v) is 9.06. The van der Waals surface area contributed by atoms with Crippen LogP contribution in [0, 0.1) is 5.82 Å². The first-order chi connectivity index (χ1) is 11.9. The molecule has 1 unspecified atom stereocenters. The fourth-order valence-corrected chi connectivity index (χ4v) is 3.80. The van der Waals surface area contributed by atoms with E-state index < -0.39 is 5.82 Å². The van der Waals surface area contributed by atoms with Gasteiger partial charge in [0.25, 0.3) is 5.91 Å². The van der Waals surface area contributed by atoms with Gasteiger partial charge in [-0.15, -0.1) is 11.3 Å². The van der Waals surface area contributed by atoms with E-state index in [1.807, 2.05) is 38.2 Å². The summed E-state index contributed by atoms with van der Waals surface area (Å²) in [6, 6.07) is 12.0. The second-order valence-corrected chi connectivity index (χ2v) is 7.41. The van der Waals surface area contributed by atoms with Crippen LogP contribution in [0.25, 0.3) is 10.2 Å². The predicted molar refractivity (Wildman–Crippen MR) is 99.8 cm³/mol. The van der Waals surface area contributed by atoms with Gasteiger partial charge in [0.2, 0.25) is 0 Å². The Balaban J connectivity index is 1.66. The molecule has 0 spiro atoms. The van der Waals surface area contributed by atoms with Gasteiger partial charge in [0.05, 0.1) is 28.0 Å². The minimum absolute atomic E-state index is 0.0758. The van der Waals surface area contributed by atoms with E-state index in [9.17, 15) is 9.18 Å². The molecule has 0 aliphatic carbocycles. The molecule has 0 aliphatic heterocycles. The Kier molecular flexibility index (Phi) is 5.32. The molecule has 4 nitrogen and oxygen atoms in total. The molecular weight excluding hydrogens is 361 g/mol. The first kappa shape index (κ1) is 17.8. The third kappa shape index (κ3) is 4.15. The van der Waals surface area contributed by atoms with Crippen LogP contribution in [0.4, 0.5) is 10.1 Å². The number of fused-ring (bicyclic) bond motifs is 1. The summed E-state index contributed by atoms with van der Waals surface area (Å²) in [6.07, 6.45) is 0. The van der Waals surface area contributed by atoms with E-state index in [1.54, 1.807) is 11.3 Å². The smallest absolute Gasteiger partial charge is 0.279 e. The first-order valence-electron chi connectivity index (χ1n) is 7.86. The number of quaternary nitrogens is 1. The third-order valence-electron chi connectivity index (χ3n) is 4.06. The summed E-state index contributed by atoms with van der Waals surface area (Å²) in [7, 11) is 1.95. The molecule has 2 atom stereocenters. The Morgan fingerprint density at radius 2 is 2.12 bits per heavy atom. The Labute approximate surface area is 154 Å². The molecule has 0 saturated heterocycles. The number of anilines is 1. The second-order valence-electron chi connectivity index (χ2n) is 5.94. The number of carbonyl (C=O) groups is 1. The van der Waals surface area contributed by atoms with E-state index >= 15 is 0 Å². The number of nitrogens with zero attached hydrogens (tertiary/aromatic N) is 1. The highest BCUT2D eigenvalue weighted by atomic mass is 35.5. The zero-order valence-electron chi connectivity index (χ0n) is 13.8. The van der Waals surface area contributed by atoms with Crippen LogP contribution in [0.3, 0.4) is 0 Å². The quantitative estimate of drug-likeness (QED) is 0.715. The van der Waals surface area contributed by atoms with Crippen molar-refractivity contribution in [1.29, 1.82) is 0 Å². The van der Waals surface area contributed by atoms with Crippen LogP contribution < -0.4 is 10.2 Å². The Morgan fingerprint density at radius 3 is 2.84 bits per heavy atom. The molecular formula is C18H18ClFN3OS+. The summed E-state index contributed by atoms with van der Waals surface area (Å²) in [5.41, 5.74) is 1.39. The second kappa shape index (κ2) is 7.47. The van der Waals surface area contributed by atoms with Crippen molar-refractivity contribution in [3.8, 4) is 0 Å². The molecule has 1 aromatic heterocycles. The molecule has 3 aromatic rings. The molecule has 2 N–H and O–H groups in total. The fourth-order valence-electron chi connectivity index (χ4n) is 2.48. The lowest BCUT2D eigenvalue weighted by atomic mass is 10.3. The normalized spacial score (nSPS) is 13.6. The van der Waals surface area contributed by atoms with Gasteiger partial charge in [0.15, 0.2) is 11.6 Å². The number of carbonyl (C=O) groups excluding carboxylic acids is 1. The molecule has 130 valence electrons. The largest absolute Gasteiger partial charge is 0.322 e. The van der Waals surface area contributed by atoms with Crippen molar-refractivity contribution in [3.05, 3.63) is 58.3 Å². The number of para-hydroxylation sites is 1. The van der Waals surface area contributed by atoms with Crippen LogP contribution in [0.5, 0.6) is 0 Å². The Hall–Kier alpha value is -2.02. The zero-order chi connectivity index (χ0) is 18.0.